The van der Waals surface area contributed by atoms with Gasteiger partial charge < -0.3 is 15.2 Å². The minimum Gasteiger partial charge on any atom is -0.466 e. The average molecular weight is 292 g/mol. The van der Waals surface area contributed by atoms with Crippen molar-refractivity contribution in [1.29, 1.82) is 0 Å². The van der Waals surface area contributed by atoms with E-state index in [2.05, 4.69) is 9.72 Å². The summed E-state index contributed by atoms with van der Waals surface area (Å²) in [6.45, 7) is 3.33. The Kier molecular flexibility index (Phi) is 5.32. The molecule has 0 saturated heterocycles. The van der Waals surface area contributed by atoms with Crippen molar-refractivity contribution in [3.05, 3.63) is 22.9 Å². The molecule has 1 rings (SSSR count). The number of hydrogen-bond acceptors (Lipinski definition) is 5. The second kappa shape index (κ2) is 6.56. The lowest BCUT2D eigenvalue weighted by Crippen LogP contribution is -2.20. The fourth-order valence-electron chi connectivity index (χ4n) is 1.68. The van der Waals surface area contributed by atoms with Crippen molar-refractivity contribution in [1.82, 2.24) is 4.98 Å². The number of carbonyl (C=O) groups is 1. The molecule has 0 fully saturated rings. The van der Waals surface area contributed by atoms with Crippen LogP contribution in [0.3, 0.4) is 0 Å². The van der Waals surface area contributed by atoms with Gasteiger partial charge in [-0.3, -0.25) is 4.79 Å². The van der Waals surface area contributed by atoms with Gasteiger partial charge in [0.1, 0.15) is 0 Å². The van der Waals surface area contributed by atoms with Gasteiger partial charge in [-0.15, -0.1) is 13.2 Å². The van der Waals surface area contributed by atoms with Crippen LogP contribution in [0.1, 0.15) is 23.7 Å². The Balaban J connectivity index is 3.05. The van der Waals surface area contributed by atoms with Crippen molar-refractivity contribution in [3.8, 4) is 5.88 Å². The van der Waals surface area contributed by atoms with E-state index in [1.165, 1.54) is 6.92 Å². The maximum Gasteiger partial charge on any atom is 0.574 e. The summed E-state index contributed by atoms with van der Waals surface area (Å²) in [5, 5.41) is 0. The normalized spacial score (nSPS) is 11.3. The van der Waals surface area contributed by atoms with Gasteiger partial charge in [0.2, 0.25) is 5.88 Å². The van der Waals surface area contributed by atoms with Crippen LogP contribution < -0.4 is 10.5 Å². The summed E-state index contributed by atoms with van der Waals surface area (Å²) in [5.74, 6) is -1.08. The fourth-order valence-corrected chi connectivity index (χ4v) is 1.68. The molecule has 112 valence electrons. The van der Waals surface area contributed by atoms with Gasteiger partial charge in [0.15, 0.2) is 0 Å². The van der Waals surface area contributed by atoms with E-state index in [0.717, 1.165) is 6.07 Å². The largest absolute Gasteiger partial charge is 0.574 e. The summed E-state index contributed by atoms with van der Waals surface area (Å²) in [6, 6.07) is 1.08. The molecule has 1 heterocycles. The number of hydrogen-bond donors (Lipinski definition) is 1. The zero-order valence-electron chi connectivity index (χ0n) is 11.1. The van der Waals surface area contributed by atoms with Gasteiger partial charge in [-0.2, -0.15) is 0 Å². The molecule has 0 bridgehead atoms. The molecule has 0 atom stereocenters. The molecule has 0 aliphatic heterocycles. The predicted molar refractivity (Wildman–Crippen MR) is 63.9 cm³/mol. The molecule has 1 aromatic rings. The van der Waals surface area contributed by atoms with E-state index in [1.807, 2.05) is 0 Å². The summed E-state index contributed by atoms with van der Waals surface area (Å²) in [7, 11) is 0. The number of halogens is 3. The Morgan fingerprint density at radius 2 is 2.10 bits per heavy atom. The zero-order chi connectivity index (χ0) is 15.3. The zero-order valence-corrected chi connectivity index (χ0v) is 11.1. The van der Waals surface area contributed by atoms with Gasteiger partial charge in [-0.1, -0.05) is 0 Å². The van der Waals surface area contributed by atoms with Gasteiger partial charge in [-0.05, 0) is 25.0 Å². The van der Waals surface area contributed by atoms with Gasteiger partial charge in [-0.25, -0.2) is 4.98 Å². The molecular weight excluding hydrogens is 277 g/mol. The highest BCUT2D eigenvalue weighted by Gasteiger charge is 2.32. The Morgan fingerprint density at radius 1 is 1.45 bits per heavy atom. The lowest BCUT2D eigenvalue weighted by atomic mass is 10.0. The van der Waals surface area contributed by atoms with Crippen LogP contribution in [0.15, 0.2) is 6.07 Å². The molecular formula is C12H15F3N2O3. The number of nitrogens with two attached hydrogens (primary N) is 1. The number of nitrogens with zero attached hydrogens (tertiary/aromatic N) is 1. The van der Waals surface area contributed by atoms with Gasteiger partial charge in [0.05, 0.1) is 13.0 Å². The van der Waals surface area contributed by atoms with E-state index in [1.54, 1.807) is 6.92 Å². The SMILES string of the molecule is CCOC(=O)Cc1c(CN)cc(OC(F)(F)F)nc1C. The fraction of sp³-hybridized carbons (Fsp3) is 0.500. The first-order chi connectivity index (χ1) is 9.26. The summed E-state index contributed by atoms with van der Waals surface area (Å²) >= 11 is 0. The Morgan fingerprint density at radius 3 is 2.60 bits per heavy atom. The number of rotatable bonds is 5. The molecule has 2 N–H and O–H groups in total. The Hall–Kier alpha value is -1.83. The minimum absolute atomic E-state index is 0.0354. The topological polar surface area (TPSA) is 74.4 Å². The standard InChI is InChI=1S/C12H15F3N2O3/c1-3-19-11(18)5-9-7(2)17-10(4-8(9)6-16)20-12(13,14)15/h4H,3,5-6,16H2,1-2H3. The first kappa shape index (κ1) is 16.2. The molecule has 0 aromatic carbocycles. The maximum absolute atomic E-state index is 12.2. The van der Waals surface area contributed by atoms with E-state index < -0.39 is 18.2 Å². The number of pyridine rings is 1. The first-order valence-electron chi connectivity index (χ1n) is 5.87. The van der Waals surface area contributed by atoms with Crippen LogP contribution in [0.5, 0.6) is 5.88 Å². The van der Waals surface area contributed by atoms with Crippen LogP contribution in [0.2, 0.25) is 0 Å². The molecule has 0 amide bonds. The third-order valence-electron chi connectivity index (χ3n) is 2.47. The van der Waals surface area contributed by atoms with Crippen LogP contribution in [-0.4, -0.2) is 23.9 Å². The van der Waals surface area contributed by atoms with Crippen molar-refractivity contribution >= 4 is 5.97 Å². The second-order valence-corrected chi connectivity index (χ2v) is 3.92. The minimum atomic E-state index is -4.83. The number of esters is 1. The number of ether oxygens (including phenoxy) is 2. The monoisotopic (exact) mass is 292 g/mol. The summed E-state index contributed by atoms with van der Waals surface area (Å²) in [5.41, 5.74) is 6.56. The molecule has 0 aliphatic carbocycles. The molecule has 5 nitrogen and oxygen atoms in total. The molecule has 0 unspecified atom stereocenters. The van der Waals surface area contributed by atoms with Crippen molar-refractivity contribution < 1.29 is 27.4 Å². The van der Waals surface area contributed by atoms with Crippen LogP contribution in [-0.2, 0) is 22.5 Å². The van der Waals surface area contributed by atoms with Crippen LogP contribution in [0.4, 0.5) is 13.2 Å². The smallest absolute Gasteiger partial charge is 0.466 e. The highest BCUT2D eigenvalue weighted by Crippen LogP contribution is 2.25. The van der Waals surface area contributed by atoms with Crippen LogP contribution in [0, 0.1) is 6.92 Å². The van der Waals surface area contributed by atoms with E-state index in [9.17, 15) is 18.0 Å². The molecule has 8 heteroatoms. The highest BCUT2D eigenvalue weighted by molar-refractivity contribution is 5.73. The van der Waals surface area contributed by atoms with E-state index in [4.69, 9.17) is 10.5 Å². The number of aromatic nitrogens is 1. The Labute approximate surface area is 113 Å². The molecule has 0 aliphatic rings. The molecule has 0 radical (unpaired) electrons. The first-order valence-corrected chi connectivity index (χ1v) is 5.87. The van der Waals surface area contributed by atoms with Crippen LogP contribution in [0.25, 0.3) is 0 Å². The average Bonchev–Trinajstić information content (AvgIpc) is 2.30. The second-order valence-electron chi connectivity index (χ2n) is 3.92. The maximum atomic E-state index is 12.2. The van der Waals surface area contributed by atoms with E-state index in [-0.39, 0.29) is 25.3 Å². The van der Waals surface area contributed by atoms with Gasteiger partial charge >= 0.3 is 12.3 Å². The van der Waals surface area contributed by atoms with Crippen molar-refractivity contribution in [2.45, 2.75) is 33.2 Å². The Bertz CT molecular complexity index is 490. The number of aryl methyl sites for hydroxylation is 1. The van der Waals surface area contributed by atoms with Crippen LogP contribution >= 0.6 is 0 Å². The van der Waals surface area contributed by atoms with Crippen molar-refractivity contribution in [2.24, 2.45) is 5.73 Å². The number of alkyl halides is 3. The van der Waals surface area contributed by atoms with Crippen molar-refractivity contribution in [3.63, 3.8) is 0 Å². The van der Waals surface area contributed by atoms with E-state index >= 15 is 0 Å². The lowest BCUT2D eigenvalue weighted by Gasteiger charge is -2.14. The summed E-state index contributed by atoms with van der Waals surface area (Å²) in [6.07, 6.45) is -4.92. The molecule has 0 saturated carbocycles. The third-order valence-corrected chi connectivity index (χ3v) is 2.47. The number of carbonyl (C=O) groups excluding carboxylic acids is 1. The summed E-state index contributed by atoms with van der Waals surface area (Å²) in [4.78, 5) is 15.1. The molecule has 1 aromatic heterocycles. The van der Waals surface area contributed by atoms with Gasteiger partial charge in [0, 0.05) is 18.3 Å². The predicted octanol–water partition coefficient (Wildman–Crippen LogP) is 1.85. The molecule has 20 heavy (non-hydrogen) atoms. The lowest BCUT2D eigenvalue weighted by molar-refractivity contribution is -0.276. The summed E-state index contributed by atoms with van der Waals surface area (Å²) < 4.78 is 45.0. The van der Waals surface area contributed by atoms with Crippen molar-refractivity contribution in [2.75, 3.05) is 6.61 Å². The quantitative estimate of drug-likeness (QED) is 0.838. The van der Waals surface area contributed by atoms with Gasteiger partial charge in [0.25, 0.3) is 0 Å². The third kappa shape index (κ3) is 4.69. The highest BCUT2D eigenvalue weighted by atomic mass is 19.4. The molecule has 0 spiro atoms. The van der Waals surface area contributed by atoms with E-state index in [0.29, 0.717) is 11.1 Å².